The van der Waals surface area contributed by atoms with Gasteiger partial charge < -0.3 is 10.2 Å². The van der Waals surface area contributed by atoms with Gasteiger partial charge in [0.25, 0.3) is 5.89 Å². The topological polar surface area (TPSA) is 69.1 Å². The molecule has 0 unspecified atom stereocenters. The van der Waals surface area contributed by atoms with Gasteiger partial charge in [-0.2, -0.15) is 0 Å². The number of hydrogen-bond donors (Lipinski definition) is 1. The second kappa shape index (κ2) is 3.23. The predicted octanol–water partition coefficient (Wildman–Crippen LogP) is 1.49. The summed E-state index contributed by atoms with van der Waals surface area (Å²) in [6, 6.07) is 5.50. The summed E-state index contributed by atoms with van der Waals surface area (Å²) >= 11 is 0. The Morgan fingerprint density at radius 2 is 2.36 bits per heavy atom. The monoisotopic (exact) mass is 190 g/mol. The number of aromatic nitrogens is 1. The highest BCUT2D eigenvalue weighted by atomic mass is 16.4. The fraction of sp³-hybridized carbons (Fsp3) is 0.200. The summed E-state index contributed by atoms with van der Waals surface area (Å²) in [6.45, 7) is 1.80. The smallest absolute Gasteiger partial charge is 0.263 e. The first-order chi connectivity index (χ1) is 6.72. The number of rotatable bonds is 2. The zero-order valence-electron chi connectivity index (χ0n) is 7.78. The molecule has 0 atom stereocenters. The fourth-order valence-electron chi connectivity index (χ4n) is 1.32. The standard InChI is InChI=1S/C10H10N2O2/c1-6(13)10-12-8-4-2-3-7(5-11)9(8)14-10/h2-4H,5,11H2,1H3. The third-order valence-electron chi connectivity index (χ3n) is 2.02. The fourth-order valence-corrected chi connectivity index (χ4v) is 1.32. The van der Waals surface area contributed by atoms with Crippen molar-refractivity contribution in [3.05, 3.63) is 29.7 Å². The molecule has 0 saturated carbocycles. The van der Waals surface area contributed by atoms with Gasteiger partial charge in [-0.05, 0) is 6.07 Å². The van der Waals surface area contributed by atoms with E-state index in [-0.39, 0.29) is 11.7 Å². The van der Waals surface area contributed by atoms with Crippen molar-refractivity contribution in [2.45, 2.75) is 13.5 Å². The van der Waals surface area contributed by atoms with Gasteiger partial charge in [0.2, 0.25) is 5.78 Å². The molecule has 0 radical (unpaired) electrons. The van der Waals surface area contributed by atoms with Crippen molar-refractivity contribution >= 4 is 16.9 Å². The number of benzene rings is 1. The normalized spacial score (nSPS) is 10.7. The molecule has 0 fully saturated rings. The van der Waals surface area contributed by atoms with Crippen LogP contribution in [0.3, 0.4) is 0 Å². The summed E-state index contributed by atoms with van der Waals surface area (Å²) in [5.74, 6) is -0.0370. The van der Waals surface area contributed by atoms with E-state index in [1.165, 1.54) is 6.92 Å². The first kappa shape index (κ1) is 8.90. The summed E-state index contributed by atoms with van der Waals surface area (Å²) in [5, 5.41) is 0. The zero-order chi connectivity index (χ0) is 10.1. The lowest BCUT2D eigenvalue weighted by atomic mass is 10.2. The van der Waals surface area contributed by atoms with E-state index in [0.29, 0.717) is 17.6 Å². The average Bonchev–Trinajstić information content (AvgIpc) is 2.60. The van der Waals surface area contributed by atoms with Gasteiger partial charge in [-0.25, -0.2) is 4.98 Å². The average molecular weight is 190 g/mol. The minimum Gasteiger partial charge on any atom is -0.433 e. The molecule has 2 aromatic rings. The first-order valence-electron chi connectivity index (χ1n) is 4.32. The lowest BCUT2D eigenvalue weighted by Gasteiger charge is -1.94. The van der Waals surface area contributed by atoms with Gasteiger partial charge in [-0.1, -0.05) is 12.1 Å². The van der Waals surface area contributed by atoms with Gasteiger partial charge in [-0.3, -0.25) is 4.79 Å². The highest BCUT2D eigenvalue weighted by Crippen LogP contribution is 2.19. The van der Waals surface area contributed by atoms with Crippen molar-refractivity contribution in [1.82, 2.24) is 4.98 Å². The molecular weight excluding hydrogens is 180 g/mol. The van der Waals surface area contributed by atoms with Crippen molar-refractivity contribution in [2.24, 2.45) is 5.73 Å². The van der Waals surface area contributed by atoms with Crippen molar-refractivity contribution in [3.63, 3.8) is 0 Å². The highest BCUT2D eigenvalue weighted by molar-refractivity contribution is 5.92. The Balaban J connectivity index is 2.70. The second-order valence-electron chi connectivity index (χ2n) is 3.04. The van der Waals surface area contributed by atoms with E-state index in [1.54, 1.807) is 6.07 Å². The molecule has 2 N–H and O–H groups in total. The summed E-state index contributed by atoms with van der Waals surface area (Å²) in [4.78, 5) is 15.1. The molecule has 4 nitrogen and oxygen atoms in total. The van der Waals surface area contributed by atoms with E-state index in [4.69, 9.17) is 10.2 Å². The SMILES string of the molecule is CC(=O)c1nc2cccc(CN)c2o1. The van der Waals surface area contributed by atoms with Crippen molar-refractivity contribution < 1.29 is 9.21 Å². The van der Waals surface area contributed by atoms with Gasteiger partial charge in [0, 0.05) is 19.0 Å². The quantitative estimate of drug-likeness (QED) is 0.728. The highest BCUT2D eigenvalue weighted by Gasteiger charge is 2.11. The van der Waals surface area contributed by atoms with Gasteiger partial charge in [0.05, 0.1) is 0 Å². The summed E-state index contributed by atoms with van der Waals surface area (Å²) in [6.07, 6.45) is 0. The van der Waals surface area contributed by atoms with E-state index in [2.05, 4.69) is 4.98 Å². The predicted molar refractivity (Wildman–Crippen MR) is 51.9 cm³/mol. The molecule has 1 aromatic heterocycles. The Kier molecular flexibility index (Phi) is 2.05. The van der Waals surface area contributed by atoms with Crippen LogP contribution >= 0.6 is 0 Å². The van der Waals surface area contributed by atoms with Crippen molar-refractivity contribution in [1.29, 1.82) is 0 Å². The van der Waals surface area contributed by atoms with E-state index >= 15 is 0 Å². The number of ketones is 1. The molecule has 0 saturated heterocycles. The van der Waals surface area contributed by atoms with Crippen LogP contribution in [0.1, 0.15) is 23.2 Å². The van der Waals surface area contributed by atoms with Crippen molar-refractivity contribution in [2.75, 3.05) is 0 Å². The van der Waals surface area contributed by atoms with Gasteiger partial charge in [-0.15, -0.1) is 0 Å². The number of para-hydroxylation sites is 1. The van der Waals surface area contributed by atoms with E-state index in [1.807, 2.05) is 12.1 Å². The van der Waals surface area contributed by atoms with Crippen LogP contribution in [-0.4, -0.2) is 10.8 Å². The molecule has 4 heteroatoms. The number of carbonyl (C=O) groups excluding carboxylic acids is 1. The molecule has 0 aliphatic heterocycles. The van der Waals surface area contributed by atoms with Crippen LogP contribution in [0.4, 0.5) is 0 Å². The van der Waals surface area contributed by atoms with Gasteiger partial charge >= 0.3 is 0 Å². The Bertz CT molecular complexity index is 488. The minimum atomic E-state index is -0.177. The molecule has 2 rings (SSSR count). The molecule has 0 bridgehead atoms. The lowest BCUT2D eigenvalue weighted by molar-refractivity contribution is 0.0983. The molecule has 14 heavy (non-hydrogen) atoms. The first-order valence-corrected chi connectivity index (χ1v) is 4.32. The lowest BCUT2D eigenvalue weighted by Crippen LogP contribution is -1.95. The minimum absolute atomic E-state index is 0.140. The molecule has 0 spiro atoms. The molecule has 0 amide bonds. The largest absolute Gasteiger partial charge is 0.433 e. The van der Waals surface area contributed by atoms with Crippen LogP contribution in [-0.2, 0) is 6.54 Å². The number of nitrogens with zero attached hydrogens (tertiary/aromatic N) is 1. The van der Waals surface area contributed by atoms with Crippen molar-refractivity contribution in [3.8, 4) is 0 Å². The van der Waals surface area contributed by atoms with Crippen LogP contribution in [0.25, 0.3) is 11.1 Å². The van der Waals surface area contributed by atoms with Gasteiger partial charge in [0.1, 0.15) is 5.52 Å². The van der Waals surface area contributed by atoms with Crippen LogP contribution in [0, 0.1) is 0 Å². The number of hydrogen-bond acceptors (Lipinski definition) is 4. The number of nitrogens with two attached hydrogens (primary N) is 1. The third-order valence-corrected chi connectivity index (χ3v) is 2.02. The third kappa shape index (κ3) is 1.29. The Morgan fingerprint density at radius 3 is 3.00 bits per heavy atom. The molecule has 72 valence electrons. The Labute approximate surface area is 80.7 Å². The van der Waals surface area contributed by atoms with Gasteiger partial charge in [0.15, 0.2) is 5.58 Å². The van der Waals surface area contributed by atoms with Crippen LogP contribution in [0.2, 0.25) is 0 Å². The number of carbonyl (C=O) groups is 1. The van der Waals surface area contributed by atoms with E-state index in [9.17, 15) is 4.79 Å². The zero-order valence-corrected chi connectivity index (χ0v) is 7.78. The summed E-state index contributed by atoms with van der Waals surface area (Å²) in [5.41, 5.74) is 7.68. The van der Waals surface area contributed by atoms with Crippen LogP contribution in [0.5, 0.6) is 0 Å². The van der Waals surface area contributed by atoms with E-state index < -0.39 is 0 Å². The second-order valence-corrected chi connectivity index (χ2v) is 3.04. The molecular formula is C10H10N2O2. The molecule has 0 aliphatic carbocycles. The maximum atomic E-state index is 11.0. The molecule has 1 aromatic carbocycles. The maximum Gasteiger partial charge on any atom is 0.263 e. The summed E-state index contributed by atoms with van der Waals surface area (Å²) < 4.78 is 5.31. The maximum absolute atomic E-state index is 11.0. The Hall–Kier alpha value is -1.68. The Morgan fingerprint density at radius 1 is 1.57 bits per heavy atom. The summed E-state index contributed by atoms with van der Waals surface area (Å²) in [7, 11) is 0. The van der Waals surface area contributed by atoms with Crippen LogP contribution < -0.4 is 5.73 Å². The molecule has 0 aliphatic rings. The van der Waals surface area contributed by atoms with E-state index in [0.717, 1.165) is 5.56 Å². The number of fused-ring (bicyclic) bond motifs is 1. The van der Waals surface area contributed by atoms with Crippen LogP contribution in [0.15, 0.2) is 22.6 Å². The number of oxazole rings is 1. The molecule has 1 heterocycles. The number of Topliss-reactive ketones (excluding diaryl/α,β-unsaturated/α-hetero) is 1.